The van der Waals surface area contributed by atoms with Gasteiger partial charge in [-0.25, -0.2) is 15.0 Å². The van der Waals surface area contributed by atoms with Gasteiger partial charge in [0.1, 0.15) is 0 Å². The largest absolute Gasteiger partial charge is 0.451 e. The van der Waals surface area contributed by atoms with Crippen LogP contribution in [0.4, 0.5) is 26.3 Å². The van der Waals surface area contributed by atoms with Crippen LogP contribution < -0.4 is 0 Å². The Kier molecular flexibility index (Phi) is 3.64. The van der Waals surface area contributed by atoms with Gasteiger partial charge in [-0.2, -0.15) is 26.3 Å². The third-order valence-electron chi connectivity index (χ3n) is 4.10. The van der Waals surface area contributed by atoms with Crippen molar-refractivity contribution in [2.24, 2.45) is 0 Å². The number of imidazole rings is 1. The van der Waals surface area contributed by atoms with Gasteiger partial charge in [0.2, 0.25) is 11.4 Å². The first-order valence-corrected chi connectivity index (χ1v) is 7.14. The Morgan fingerprint density at radius 2 is 1.76 bits per heavy atom. The van der Waals surface area contributed by atoms with Crippen molar-refractivity contribution < 1.29 is 31.4 Å². The number of hydrogen-bond acceptors (Lipinski definition) is 4. The van der Waals surface area contributed by atoms with E-state index >= 15 is 0 Å². The summed E-state index contributed by atoms with van der Waals surface area (Å²) in [5.74, 6) is -2.09. The Bertz CT molecular complexity index is 824. The molecule has 0 saturated carbocycles. The summed E-state index contributed by atoms with van der Waals surface area (Å²) >= 11 is 0. The molecule has 11 heteroatoms. The van der Waals surface area contributed by atoms with E-state index in [2.05, 4.69) is 15.0 Å². The Balaban J connectivity index is 2.21. The molecule has 0 fully saturated rings. The summed E-state index contributed by atoms with van der Waals surface area (Å²) < 4.78 is 78.9. The Morgan fingerprint density at radius 3 is 2.32 bits per heavy atom. The van der Waals surface area contributed by atoms with Crippen molar-refractivity contribution in [1.29, 1.82) is 0 Å². The maximum Gasteiger partial charge on any atom is 0.451 e. The fourth-order valence-electron chi connectivity index (χ4n) is 2.79. The standard InChI is InChI=1S/C14H12F6N4O/c1-6-3-7-4-21-10(13(15,16)17)23-9(7)8-5-22-11(24(6)8)12(2,25)14(18,19)20/h4-6,25H,3H2,1-2H3/t6-,12?/m1/s1. The average molecular weight is 366 g/mol. The predicted molar refractivity (Wildman–Crippen MR) is 72.3 cm³/mol. The third-order valence-corrected chi connectivity index (χ3v) is 4.10. The zero-order chi connectivity index (χ0) is 18.8. The van der Waals surface area contributed by atoms with Crippen LogP contribution in [0.25, 0.3) is 11.4 Å². The number of nitrogens with zero attached hydrogens (tertiary/aromatic N) is 4. The van der Waals surface area contributed by atoms with Gasteiger partial charge >= 0.3 is 12.4 Å². The highest BCUT2D eigenvalue weighted by Gasteiger charge is 2.55. The second-order valence-corrected chi connectivity index (χ2v) is 6.03. The quantitative estimate of drug-likeness (QED) is 0.787. The molecule has 1 aliphatic rings. The third kappa shape index (κ3) is 2.66. The van der Waals surface area contributed by atoms with Crippen molar-refractivity contribution in [2.45, 2.75) is 44.3 Å². The number of aliphatic hydroxyl groups is 1. The first kappa shape index (κ1) is 17.6. The first-order chi connectivity index (χ1) is 11.3. The number of aromatic nitrogens is 4. The molecule has 0 aliphatic carbocycles. The van der Waals surface area contributed by atoms with Gasteiger partial charge in [-0.05, 0) is 20.3 Å². The van der Waals surface area contributed by atoms with Crippen LogP contribution in [-0.4, -0.2) is 30.8 Å². The molecule has 0 amide bonds. The molecule has 25 heavy (non-hydrogen) atoms. The van der Waals surface area contributed by atoms with E-state index in [0.717, 1.165) is 17.0 Å². The summed E-state index contributed by atoms with van der Waals surface area (Å²) in [7, 11) is 0. The molecule has 2 aromatic rings. The number of fused-ring (bicyclic) bond motifs is 3. The molecule has 5 nitrogen and oxygen atoms in total. The molecule has 0 saturated heterocycles. The minimum Gasteiger partial charge on any atom is -0.374 e. The lowest BCUT2D eigenvalue weighted by atomic mass is 9.98. The maximum absolute atomic E-state index is 13.1. The second-order valence-electron chi connectivity index (χ2n) is 6.03. The molecular weight excluding hydrogens is 354 g/mol. The van der Waals surface area contributed by atoms with E-state index in [1.165, 1.54) is 0 Å². The van der Waals surface area contributed by atoms with E-state index < -0.39 is 35.6 Å². The fraction of sp³-hybridized carbons (Fsp3) is 0.500. The topological polar surface area (TPSA) is 63.8 Å². The summed E-state index contributed by atoms with van der Waals surface area (Å²) in [5, 5.41) is 9.90. The van der Waals surface area contributed by atoms with Gasteiger partial charge in [0, 0.05) is 17.8 Å². The van der Waals surface area contributed by atoms with Gasteiger partial charge in [-0.1, -0.05) is 0 Å². The number of hydrogen-bond donors (Lipinski definition) is 1. The number of alkyl halides is 6. The zero-order valence-electron chi connectivity index (χ0n) is 12.9. The second kappa shape index (κ2) is 5.16. The minimum atomic E-state index is -5.00. The molecule has 1 N–H and O–H groups in total. The molecular formula is C14H12F6N4O. The van der Waals surface area contributed by atoms with Crippen LogP contribution in [0.15, 0.2) is 12.4 Å². The highest BCUT2D eigenvalue weighted by atomic mass is 19.4. The molecule has 0 bridgehead atoms. The van der Waals surface area contributed by atoms with Gasteiger partial charge in [0.15, 0.2) is 5.82 Å². The van der Waals surface area contributed by atoms with E-state index in [4.69, 9.17) is 0 Å². The van der Waals surface area contributed by atoms with Gasteiger partial charge in [-0.3, -0.25) is 0 Å². The van der Waals surface area contributed by atoms with Crippen LogP contribution in [0.1, 0.15) is 37.1 Å². The SMILES string of the molecule is C[C@@H]1Cc2cnc(C(F)(F)F)nc2-c2cnc(C(C)(O)C(F)(F)F)n21. The highest BCUT2D eigenvalue weighted by Crippen LogP contribution is 2.43. The van der Waals surface area contributed by atoms with Gasteiger partial charge in [0.05, 0.1) is 17.6 Å². The zero-order valence-corrected chi connectivity index (χ0v) is 12.9. The molecule has 0 aromatic carbocycles. The smallest absolute Gasteiger partial charge is 0.374 e. The van der Waals surface area contributed by atoms with Gasteiger partial charge in [0.25, 0.3) is 0 Å². The summed E-state index contributed by atoms with van der Waals surface area (Å²) in [6.45, 7) is 2.12. The molecule has 136 valence electrons. The van der Waals surface area contributed by atoms with Crippen LogP contribution in [0.3, 0.4) is 0 Å². The van der Waals surface area contributed by atoms with Crippen LogP contribution in [0, 0.1) is 0 Å². The Hall–Kier alpha value is -2.17. The van der Waals surface area contributed by atoms with Crippen molar-refractivity contribution in [3.05, 3.63) is 29.6 Å². The summed E-state index contributed by atoms with van der Waals surface area (Å²) in [6, 6.07) is -0.575. The normalized spacial score (nSPS) is 20.0. The van der Waals surface area contributed by atoms with Crippen LogP contribution in [0.5, 0.6) is 0 Å². The molecule has 3 heterocycles. The van der Waals surface area contributed by atoms with Gasteiger partial charge in [-0.15, -0.1) is 0 Å². The molecule has 3 rings (SSSR count). The lowest BCUT2D eigenvalue weighted by molar-refractivity contribution is -0.262. The summed E-state index contributed by atoms with van der Waals surface area (Å²) in [4.78, 5) is 10.4. The molecule has 0 radical (unpaired) electrons. The highest BCUT2D eigenvalue weighted by molar-refractivity contribution is 5.61. The van der Waals surface area contributed by atoms with E-state index in [0.29, 0.717) is 12.5 Å². The van der Waals surface area contributed by atoms with Crippen molar-refractivity contribution in [3.63, 3.8) is 0 Å². The minimum absolute atomic E-state index is 0.0267. The number of halogens is 6. The summed E-state index contributed by atoms with van der Waals surface area (Å²) in [5.41, 5.74) is -3.05. The van der Waals surface area contributed by atoms with E-state index in [1.807, 2.05) is 0 Å². The van der Waals surface area contributed by atoms with E-state index in [9.17, 15) is 31.4 Å². The average Bonchev–Trinajstić information content (AvgIpc) is 2.91. The Labute approximate surface area is 137 Å². The maximum atomic E-state index is 13.1. The molecule has 2 atom stereocenters. The van der Waals surface area contributed by atoms with Crippen LogP contribution >= 0.6 is 0 Å². The van der Waals surface area contributed by atoms with Crippen molar-refractivity contribution >= 4 is 0 Å². The van der Waals surface area contributed by atoms with Crippen molar-refractivity contribution in [2.75, 3.05) is 0 Å². The first-order valence-electron chi connectivity index (χ1n) is 7.14. The van der Waals surface area contributed by atoms with Crippen LogP contribution in [0.2, 0.25) is 0 Å². The lowest BCUT2D eigenvalue weighted by Gasteiger charge is -2.31. The number of rotatable bonds is 1. The monoisotopic (exact) mass is 366 g/mol. The lowest BCUT2D eigenvalue weighted by Crippen LogP contribution is -2.42. The molecule has 2 aromatic heterocycles. The molecule has 0 spiro atoms. The van der Waals surface area contributed by atoms with Crippen LogP contribution in [-0.2, 0) is 18.2 Å². The molecule has 1 unspecified atom stereocenters. The van der Waals surface area contributed by atoms with Gasteiger partial charge < -0.3 is 9.67 Å². The summed E-state index contributed by atoms with van der Waals surface area (Å²) in [6.07, 6.45) is -7.68. The molecule has 1 aliphatic heterocycles. The fourth-order valence-corrected chi connectivity index (χ4v) is 2.79. The van der Waals surface area contributed by atoms with Crippen molar-refractivity contribution in [1.82, 2.24) is 19.5 Å². The van der Waals surface area contributed by atoms with E-state index in [-0.39, 0.29) is 17.8 Å². The Morgan fingerprint density at radius 1 is 1.12 bits per heavy atom. The predicted octanol–water partition coefficient (Wildman–Crippen LogP) is 3.25. The van der Waals surface area contributed by atoms with E-state index in [1.54, 1.807) is 6.92 Å². The van der Waals surface area contributed by atoms with Crippen molar-refractivity contribution in [3.8, 4) is 11.4 Å².